The van der Waals surface area contributed by atoms with Crippen LogP contribution < -0.4 is 5.73 Å². The quantitative estimate of drug-likeness (QED) is 0.610. The predicted molar refractivity (Wildman–Crippen MR) is 56.5 cm³/mol. The third kappa shape index (κ3) is 1.76. The van der Waals surface area contributed by atoms with Crippen LogP contribution in [0.25, 0.3) is 0 Å². The van der Waals surface area contributed by atoms with E-state index in [9.17, 15) is 0 Å². The molecule has 76 valence electrons. The highest BCUT2D eigenvalue weighted by atomic mass is 14.8. The van der Waals surface area contributed by atoms with Crippen LogP contribution in [0.1, 0.15) is 59.3 Å². The highest BCUT2D eigenvalue weighted by molar-refractivity contribution is 5.02. The molecular formula is C12H23N. The summed E-state index contributed by atoms with van der Waals surface area (Å²) in [5, 5.41) is 0. The number of hydrogen-bond acceptors (Lipinski definition) is 1. The zero-order valence-corrected chi connectivity index (χ0v) is 9.32. The summed E-state index contributed by atoms with van der Waals surface area (Å²) in [5.74, 6) is 0. The van der Waals surface area contributed by atoms with E-state index in [1.165, 1.54) is 38.5 Å². The molecule has 0 spiro atoms. The molecule has 2 bridgehead atoms. The Kier molecular flexibility index (Phi) is 1.83. The van der Waals surface area contributed by atoms with Crippen molar-refractivity contribution in [2.45, 2.75) is 64.8 Å². The number of hydrogen-bond donors (Lipinski definition) is 1. The molecule has 0 aromatic heterocycles. The summed E-state index contributed by atoms with van der Waals surface area (Å²) >= 11 is 0. The van der Waals surface area contributed by atoms with Crippen LogP contribution in [0.2, 0.25) is 0 Å². The van der Waals surface area contributed by atoms with Gasteiger partial charge in [-0.1, -0.05) is 13.8 Å². The second-order valence-electron chi connectivity index (χ2n) is 6.63. The van der Waals surface area contributed by atoms with Crippen LogP contribution in [0.4, 0.5) is 0 Å². The first-order valence-electron chi connectivity index (χ1n) is 5.62. The van der Waals surface area contributed by atoms with E-state index in [1.807, 2.05) is 0 Å². The average Bonchev–Trinajstić information content (AvgIpc) is 2.08. The fourth-order valence-electron chi connectivity index (χ4n) is 3.82. The van der Waals surface area contributed by atoms with Crippen LogP contribution in [0.5, 0.6) is 0 Å². The van der Waals surface area contributed by atoms with E-state index in [4.69, 9.17) is 5.73 Å². The molecule has 3 saturated carbocycles. The van der Waals surface area contributed by atoms with E-state index < -0.39 is 0 Å². The van der Waals surface area contributed by atoms with Gasteiger partial charge in [0.1, 0.15) is 0 Å². The summed E-state index contributed by atoms with van der Waals surface area (Å²) < 4.78 is 0. The first-order chi connectivity index (χ1) is 5.83. The van der Waals surface area contributed by atoms with Crippen LogP contribution in [0, 0.1) is 10.8 Å². The van der Waals surface area contributed by atoms with Crippen molar-refractivity contribution in [3.63, 3.8) is 0 Å². The molecule has 3 aliphatic rings. The van der Waals surface area contributed by atoms with Gasteiger partial charge in [-0.25, -0.2) is 0 Å². The maximum atomic E-state index is 6.37. The van der Waals surface area contributed by atoms with Crippen molar-refractivity contribution < 1.29 is 0 Å². The van der Waals surface area contributed by atoms with E-state index in [0.29, 0.717) is 10.8 Å². The third-order valence-electron chi connectivity index (χ3n) is 4.33. The summed E-state index contributed by atoms with van der Waals surface area (Å²) in [6, 6.07) is 0. The van der Waals surface area contributed by atoms with Gasteiger partial charge in [-0.2, -0.15) is 0 Å². The average molecular weight is 181 g/mol. The summed E-state index contributed by atoms with van der Waals surface area (Å²) in [4.78, 5) is 0. The molecule has 0 aliphatic heterocycles. The fraction of sp³-hybridized carbons (Fsp3) is 1.00. The Morgan fingerprint density at radius 2 is 1.08 bits per heavy atom. The van der Waals surface area contributed by atoms with Gasteiger partial charge < -0.3 is 5.73 Å². The molecule has 0 heterocycles. The molecule has 3 fully saturated rings. The molecule has 3 aliphatic carbocycles. The van der Waals surface area contributed by atoms with Crippen LogP contribution >= 0.6 is 0 Å². The summed E-state index contributed by atoms with van der Waals surface area (Å²) in [7, 11) is 0. The lowest BCUT2D eigenvalue weighted by molar-refractivity contribution is 0.133. The van der Waals surface area contributed by atoms with E-state index in [0.717, 1.165) is 0 Å². The Morgan fingerprint density at radius 1 is 0.769 bits per heavy atom. The van der Waals surface area contributed by atoms with Crippen molar-refractivity contribution in [3.05, 3.63) is 0 Å². The lowest BCUT2D eigenvalue weighted by atomic mass is 9.67. The van der Waals surface area contributed by atoms with Crippen molar-refractivity contribution in [2.24, 2.45) is 16.6 Å². The van der Waals surface area contributed by atoms with Gasteiger partial charge in [0.15, 0.2) is 0 Å². The molecule has 1 nitrogen and oxygen atoms in total. The Labute approximate surface area is 82.1 Å². The van der Waals surface area contributed by atoms with Gasteiger partial charge in [-0.15, -0.1) is 0 Å². The number of nitrogens with two attached hydrogens (primary N) is 1. The molecule has 0 amide bonds. The van der Waals surface area contributed by atoms with Crippen molar-refractivity contribution in [1.29, 1.82) is 0 Å². The predicted octanol–water partition coefficient (Wildman–Crippen LogP) is 3.08. The topological polar surface area (TPSA) is 26.0 Å². The van der Waals surface area contributed by atoms with Gasteiger partial charge >= 0.3 is 0 Å². The van der Waals surface area contributed by atoms with Gasteiger partial charge in [0, 0.05) is 5.54 Å². The Hall–Kier alpha value is -0.0400. The minimum absolute atomic E-state index is 0.0938. The van der Waals surface area contributed by atoms with Gasteiger partial charge in [0.2, 0.25) is 0 Å². The highest BCUT2D eigenvalue weighted by Crippen LogP contribution is 2.55. The maximum absolute atomic E-state index is 6.37. The minimum atomic E-state index is 0.0938. The van der Waals surface area contributed by atoms with Gasteiger partial charge in [-0.05, 0) is 56.3 Å². The van der Waals surface area contributed by atoms with E-state index >= 15 is 0 Å². The molecule has 13 heavy (non-hydrogen) atoms. The monoisotopic (exact) mass is 181 g/mol. The normalized spacial score (nSPS) is 56.3. The molecule has 3 rings (SSSR count). The Morgan fingerprint density at radius 3 is 1.38 bits per heavy atom. The molecule has 1 heteroatoms. The molecule has 2 N–H and O–H groups in total. The Bertz CT molecular complexity index is 187. The van der Waals surface area contributed by atoms with Crippen molar-refractivity contribution >= 4 is 0 Å². The SMILES string of the molecule is CC1(N)CC2(C)CCC(C)(CC2)C1. The largest absolute Gasteiger partial charge is 0.325 e. The number of fused-ring (bicyclic) bond motifs is 4. The summed E-state index contributed by atoms with van der Waals surface area (Å²) in [6.45, 7) is 7.12. The van der Waals surface area contributed by atoms with Crippen LogP contribution in [-0.4, -0.2) is 5.54 Å². The summed E-state index contributed by atoms with van der Waals surface area (Å²) in [5.41, 5.74) is 7.57. The molecule has 0 aromatic carbocycles. The smallest absolute Gasteiger partial charge is 0.0136 e. The first-order valence-corrected chi connectivity index (χ1v) is 5.62. The maximum Gasteiger partial charge on any atom is 0.0136 e. The van der Waals surface area contributed by atoms with Crippen molar-refractivity contribution in [3.8, 4) is 0 Å². The fourth-order valence-corrected chi connectivity index (χ4v) is 3.82. The molecule has 0 radical (unpaired) electrons. The van der Waals surface area contributed by atoms with Crippen LogP contribution in [-0.2, 0) is 0 Å². The lowest BCUT2D eigenvalue weighted by Crippen LogP contribution is -2.40. The zero-order chi connectivity index (χ0) is 9.74. The van der Waals surface area contributed by atoms with Crippen LogP contribution in [0.3, 0.4) is 0 Å². The molecule has 0 aromatic rings. The zero-order valence-electron chi connectivity index (χ0n) is 9.32. The second kappa shape index (κ2) is 2.50. The molecular weight excluding hydrogens is 158 g/mol. The Balaban J connectivity index is 2.29. The molecule has 0 unspecified atom stereocenters. The lowest BCUT2D eigenvalue weighted by Gasteiger charge is -2.38. The van der Waals surface area contributed by atoms with E-state index in [2.05, 4.69) is 20.8 Å². The third-order valence-corrected chi connectivity index (χ3v) is 4.33. The van der Waals surface area contributed by atoms with Crippen molar-refractivity contribution in [2.75, 3.05) is 0 Å². The summed E-state index contributed by atoms with van der Waals surface area (Å²) in [6.07, 6.45) is 8.06. The van der Waals surface area contributed by atoms with Crippen molar-refractivity contribution in [1.82, 2.24) is 0 Å². The molecule has 0 saturated heterocycles. The van der Waals surface area contributed by atoms with Gasteiger partial charge in [0.05, 0.1) is 0 Å². The second-order valence-corrected chi connectivity index (χ2v) is 6.63. The van der Waals surface area contributed by atoms with Crippen LogP contribution in [0.15, 0.2) is 0 Å². The molecule has 0 atom stereocenters. The van der Waals surface area contributed by atoms with Gasteiger partial charge in [0.25, 0.3) is 0 Å². The minimum Gasteiger partial charge on any atom is -0.325 e. The number of rotatable bonds is 0. The van der Waals surface area contributed by atoms with E-state index in [-0.39, 0.29) is 5.54 Å². The highest BCUT2D eigenvalue weighted by Gasteiger charge is 2.47. The first kappa shape index (κ1) is 9.51. The standard InChI is InChI=1S/C12H23N/c1-10-4-6-11(2,7-5-10)9-12(3,13)8-10/h4-9,13H2,1-3H3. The van der Waals surface area contributed by atoms with Gasteiger partial charge in [-0.3, -0.25) is 0 Å². The van der Waals surface area contributed by atoms with E-state index in [1.54, 1.807) is 0 Å².